The van der Waals surface area contributed by atoms with Gasteiger partial charge in [-0.15, -0.1) is 35.0 Å². The number of carbonyl (C=O) groups is 2. The quantitative estimate of drug-likeness (QED) is 0.0554. The summed E-state index contributed by atoms with van der Waals surface area (Å²) < 4.78 is 0. The van der Waals surface area contributed by atoms with Gasteiger partial charge >= 0.3 is 19.5 Å². The van der Waals surface area contributed by atoms with E-state index < -0.39 is 0 Å². The summed E-state index contributed by atoms with van der Waals surface area (Å²) in [6.07, 6.45) is 20.6. The summed E-state index contributed by atoms with van der Waals surface area (Å²) in [6.45, 7) is 5.39. The van der Waals surface area contributed by atoms with Crippen LogP contribution in [0.1, 0.15) is 27.7 Å². The molecule has 6 heterocycles. The summed E-state index contributed by atoms with van der Waals surface area (Å²) in [7, 11) is 0. The molecule has 0 aliphatic carbocycles. The molecule has 0 unspecified atom stereocenters. The van der Waals surface area contributed by atoms with E-state index in [1.165, 1.54) is 48.6 Å². The molecule has 0 N–H and O–H groups in total. The molecule has 0 aliphatic rings. The molecular weight excluding hydrogens is 926 g/mol. The Labute approximate surface area is 413 Å². The minimum absolute atomic E-state index is 0. The number of nitrogens with zero attached hydrogens (tertiary/aromatic N) is 6. The molecule has 10 nitrogen and oxygen atoms in total. The first-order valence-corrected chi connectivity index (χ1v) is 23.0. The fourth-order valence-corrected chi connectivity index (χ4v) is 7.03. The van der Waals surface area contributed by atoms with E-state index in [9.17, 15) is 19.8 Å². The van der Waals surface area contributed by atoms with E-state index in [1.807, 2.05) is 48.5 Å². The Morgan fingerprint density at radius 1 is 0.388 bits per heavy atom. The average molecular weight is 975 g/mol. The molecule has 8 rings (SSSR count). The smallest absolute Gasteiger partial charge is 0.876 e. The summed E-state index contributed by atoms with van der Waals surface area (Å²) in [5.41, 5.74) is 12.6. The van der Waals surface area contributed by atoms with Crippen molar-refractivity contribution in [2.24, 2.45) is 0 Å². The first kappa shape index (κ1) is 52.7. The molecule has 0 saturated carbocycles. The first-order chi connectivity index (χ1) is 31.9. The normalized spacial score (nSPS) is 10.7. The second-order valence-corrected chi connectivity index (χ2v) is 16.1. The van der Waals surface area contributed by atoms with Crippen molar-refractivity contribution in [2.45, 2.75) is 37.5 Å². The van der Waals surface area contributed by atoms with Crippen molar-refractivity contribution in [1.82, 2.24) is 29.9 Å². The van der Waals surface area contributed by atoms with Gasteiger partial charge in [0, 0.05) is 81.6 Å². The predicted octanol–water partition coefficient (Wildman–Crippen LogP) is 10.9. The Kier molecular flexibility index (Phi) is 21.7. The van der Waals surface area contributed by atoms with Gasteiger partial charge in [-0.3, -0.25) is 29.5 Å². The number of hydrogen-bond acceptors (Lipinski definition) is 12. The number of allylic oxidation sites excluding steroid dienone is 4. The molecule has 332 valence electrons. The van der Waals surface area contributed by atoms with Crippen molar-refractivity contribution in [3.63, 3.8) is 0 Å². The van der Waals surface area contributed by atoms with Crippen LogP contribution in [0.25, 0.3) is 67.3 Å². The Morgan fingerprint density at radius 2 is 0.627 bits per heavy atom. The molecule has 0 spiro atoms. The van der Waals surface area contributed by atoms with Crippen molar-refractivity contribution in [2.75, 3.05) is 12.5 Å². The van der Waals surface area contributed by atoms with E-state index in [2.05, 4.69) is 105 Å². The largest absolute Gasteiger partial charge is 2.00 e. The molecule has 0 aliphatic heterocycles. The number of ketones is 2. The topological polar surface area (TPSA) is 158 Å². The second-order valence-electron chi connectivity index (χ2n) is 14.4. The van der Waals surface area contributed by atoms with E-state index in [1.54, 1.807) is 73.1 Å². The van der Waals surface area contributed by atoms with Crippen molar-refractivity contribution in [3.8, 4) is 67.3 Å². The number of carbonyl (C=O) groups excluding carboxylic acids is 2. The van der Waals surface area contributed by atoms with E-state index in [4.69, 9.17) is 9.97 Å². The molecule has 0 fully saturated rings. The van der Waals surface area contributed by atoms with Gasteiger partial charge in [0.25, 0.3) is 0 Å². The predicted molar refractivity (Wildman–Crippen MR) is 265 cm³/mol. The van der Waals surface area contributed by atoms with Crippen LogP contribution in [0.2, 0.25) is 0 Å². The molecule has 2 aromatic carbocycles. The summed E-state index contributed by atoms with van der Waals surface area (Å²) in [5.74, 6) is -0.750. The van der Waals surface area contributed by atoms with Crippen LogP contribution in [0.15, 0.2) is 204 Å². The molecule has 0 saturated heterocycles. The van der Waals surface area contributed by atoms with Gasteiger partial charge < -0.3 is 10.2 Å². The van der Waals surface area contributed by atoms with Gasteiger partial charge in [-0.2, -0.15) is 0 Å². The van der Waals surface area contributed by atoms with E-state index >= 15 is 0 Å². The number of pyridine rings is 6. The van der Waals surface area contributed by atoms with Crippen LogP contribution < -0.4 is 10.2 Å². The maximum absolute atomic E-state index is 9.98. The zero-order valence-corrected chi connectivity index (χ0v) is 42.8. The minimum Gasteiger partial charge on any atom is -0.876 e. The standard InChI is InChI=1S/2C22H17N3S.2C5H8O2.Zn/c2*1-26-20-4-2-16(3-5-20)19-14-21(17-6-10-23-11-7-17)25-22(15-19)18-8-12-24-13-9-18;2*1-4(6)3-5(2)7;/h2*2-15H,1H3;2*3,6H,1-2H3;/q;;;;+2/p-2/b;;2*4-3-;. The molecule has 8 aromatic rings. The average Bonchev–Trinajstić information content (AvgIpc) is 3.34. The molecular formula is C54H48N6O4S2Zn. The maximum atomic E-state index is 9.98. The SMILES string of the molecule is CC(=O)/C=C(/C)[O-].CC(=O)/C=C(/C)[O-].CSc1ccc(-c2cc(-c3ccncc3)nc(-c3ccncc3)c2)cc1.CSc1ccc(-c2cc(-c3ccncc3)nc(-c3ccncc3)c2)cc1.[Zn+2]. The minimum atomic E-state index is -0.187. The first-order valence-electron chi connectivity index (χ1n) is 20.6. The summed E-state index contributed by atoms with van der Waals surface area (Å²) in [6, 6.07) is 41.7. The Balaban J connectivity index is 0.000000226. The number of benzene rings is 2. The summed E-state index contributed by atoms with van der Waals surface area (Å²) in [5, 5.41) is 20.0. The Hall–Kier alpha value is -6.92. The van der Waals surface area contributed by atoms with Gasteiger partial charge in [0.1, 0.15) is 0 Å². The van der Waals surface area contributed by atoms with Crippen molar-refractivity contribution < 1.29 is 39.3 Å². The summed E-state index contributed by atoms with van der Waals surface area (Å²) in [4.78, 5) is 48.7. The third-order valence-electron chi connectivity index (χ3n) is 9.21. The third-order valence-corrected chi connectivity index (χ3v) is 10.7. The molecule has 0 amide bonds. The maximum Gasteiger partial charge on any atom is 2.00 e. The zero-order chi connectivity index (χ0) is 47.3. The van der Waals surface area contributed by atoms with E-state index in [0.29, 0.717) is 0 Å². The zero-order valence-electron chi connectivity index (χ0n) is 38.2. The van der Waals surface area contributed by atoms with Gasteiger partial charge in [0.15, 0.2) is 11.6 Å². The fraction of sp³-hybridized carbons (Fsp3) is 0.111. The molecule has 67 heavy (non-hydrogen) atoms. The molecule has 0 atom stereocenters. The summed E-state index contributed by atoms with van der Waals surface area (Å²) >= 11 is 3.49. The van der Waals surface area contributed by atoms with Crippen LogP contribution in [0.5, 0.6) is 0 Å². The Morgan fingerprint density at radius 3 is 0.806 bits per heavy atom. The molecule has 0 radical (unpaired) electrons. The molecule has 0 bridgehead atoms. The van der Waals surface area contributed by atoms with Gasteiger partial charge in [0.2, 0.25) is 0 Å². The van der Waals surface area contributed by atoms with Crippen LogP contribution in [0, 0.1) is 0 Å². The van der Waals surface area contributed by atoms with E-state index in [0.717, 1.165) is 68.3 Å². The van der Waals surface area contributed by atoms with Crippen molar-refractivity contribution >= 4 is 35.1 Å². The van der Waals surface area contributed by atoms with Crippen LogP contribution >= 0.6 is 23.5 Å². The van der Waals surface area contributed by atoms with Gasteiger partial charge in [-0.1, -0.05) is 38.1 Å². The van der Waals surface area contributed by atoms with Crippen LogP contribution in [-0.2, 0) is 29.1 Å². The number of aromatic nitrogens is 6. The number of hydrogen-bond donors (Lipinski definition) is 0. The fourth-order valence-electron chi connectivity index (χ4n) is 6.22. The van der Waals surface area contributed by atoms with Crippen molar-refractivity contribution in [3.05, 3.63) is 195 Å². The Bertz CT molecular complexity index is 2530. The van der Waals surface area contributed by atoms with Crippen LogP contribution in [-0.4, -0.2) is 54.0 Å². The van der Waals surface area contributed by atoms with Crippen LogP contribution in [0.3, 0.4) is 0 Å². The monoisotopic (exact) mass is 972 g/mol. The van der Waals surface area contributed by atoms with Crippen molar-refractivity contribution in [1.29, 1.82) is 0 Å². The van der Waals surface area contributed by atoms with Gasteiger partial charge in [-0.25, -0.2) is 9.97 Å². The number of thioether (sulfide) groups is 2. The third kappa shape index (κ3) is 17.4. The van der Waals surface area contributed by atoms with Gasteiger partial charge in [0.05, 0.1) is 22.8 Å². The second kappa shape index (κ2) is 27.5. The van der Waals surface area contributed by atoms with Gasteiger partial charge in [-0.05, 0) is 158 Å². The molecule has 13 heteroatoms. The molecule has 6 aromatic heterocycles. The van der Waals surface area contributed by atoms with Crippen LogP contribution in [0.4, 0.5) is 0 Å². The number of rotatable bonds is 10. The van der Waals surface area contributed by atoms with E-state index in [-0.39, 0.29) is 42.6 Å².